The van der Waals surface area contributed by atoms with E-state index in [-0.39, 0.29) is 0 Å². The van der Waals surface area contributed by atoms with Gasteiger partial charge in [-0.2, -0.15) is 0 Å². The van der Waals surface area contributed by atoms with Crippen LogP contribution in [0.15, 0.2) is 6.07 Å². The molecule has 0 unspecified atom stereocenters. The maximum atomic E-state index is 11.6. The van der Waals surface area contributed by atoms with Crippen LogP contribution in [0, 0.1) is 6.92 Å². The van der Waals surface area contributed by atoms with Crippen LogP contribution in [0.3, 0.4) is 0 Å². The molecular weight excluding hydrogens is 218 g/mol. The molecule has 1 N–H and O–H groups in total. The third-order valence-electron chi connectivity index (χ3n) is 2.06. The molecule has 0 radical (unpaired) electrons. The lowest BCUT2D eigenvalue weighted by Crippen LogP contribution is -2.34. The van der Waals surface area contributed by atoms with Gasteiger partial charge >= 0.3 is 5.97 Å². The maximum Gasteiger partial charge on any atom is 0.323 e. The number of rotatable bonds is 2. The summed E-state index contributed by atoms with van der Waals surface area (Å²) in [4.78, 5) is 35.6. The van der Waals surface area contributed by atoms with E-state index in [0.717, 1.165) is 9.78 Å². The molecule has 0 saturated heterocycles. The summed E-state index contributed by atoms with van der Waals surface area (Å²) in [6, 6.07) is 1.61. The number of imide groups is 1. The normalized spacial score (nSPS) is 14.6. The highest BCUT2D eigenvalue weighted by Crippen LogP contribution is 2.30. The third kappa shape index (κ3) is 1.42. The molecule has 15 heavy (non-hydrogen) atoms. The molecule has 2 heterocycles. The van der Waals surface area contributed by atoms with Crippen LogP contribution >= 0.6 is 11.3 Å². The summed E-state index contributed by atoms with van der Waals surface area (Å²) >= 11 is 1.21. The summed E-state index contributed by atoms with van der Waals surface area (Å²) in [5.41, 5.74) is 0.323. The zero-order chi connectivity index (χ0) is 11.2. The first-order valence-corrected chi connectivity index (χ1v) is 5.01. The Hall–Kier alpha value is -1.69. The average Bonchev–Trinajstić information content (AvgIpc) is 2.61. The van der Waals surface area contributed by atoms with E-state index in [0.29, 0.717) is 10.4 Å². The first-order chi connectivity index (χ1) is 7.00. The van der Waals surface area contributed by atoms with Gasteiger partial charge in [0.15, 0.2) is 0 Å². The molecule has 78 valence electrons. The van der Waals surface area contributed by atoms with E-state index in [1.165, 1.54) is 11.3 Å². The molecule has 0 spiro atoms. The standard InChI is InChI=1S/C9H7NO4S/c1-4-2-5-7(15-4)9(14)10(8(5)13)3-6(11)12/h2H,3H2,1H3,(H,11,12). The molecule has 2 amide bonds. The summed E-state index contributed by atoms with van der Waals surface area (Å²) < 4.78 is 0. The quantitative estimate of drug-likeness (QED) is 0.753. The molecule has 1 aromatic heterocycles. The van der Waals surface area contributed by atoms with Gasteiger partial charge in [-0.15, -0.1) is 11.3 Å². The summed E-state index contributed by atoms with van der Waals surface area (Å²) in [5, 5.41) is 8.54. The number of aryl methyl sites for hydroxylation is 1. The van der Waals surface area contributed by atoms with Crippen LogP contribution in [-0.4, -0.2) is 34.3 Å². The molecule has 5 nitrogen and oxygen atoms in total. The molecule has 0 atom stereocenters. The molecule has 1 aliphatic heterocycles. The fraction of sp³-hybridized carbons (Fsp3) is 0.222. The van der Waals surface area contributed by atoms with Gasteiger partial charge in [0.1, 0.15) is 11.4 Å². The van der Waals surface area contributed by atoms with E-state index in [4.69, 9.17) is 5.11 Å². The molecule has 6 heteroatoms. The minimum atomic E-state index is -1.19. The summed E-state index contributed by atoms with van der Waals surface area (Å²) in [6.45, 7) is 1.23. The molecule has 1 aromatic rings. The Kier molecular flexibility index (Phi) is 2.08. The van der Waals surface area contributed by atoms with Gasteiger partial charge in [-0.1, -0.05) is 0 Å². The van der Waals surface area contributed by atoms with E-state index in [1.807, 2.05) is 0 Å². The Morgan fingerprint density at radius 3 is 2.67 bits per heavy atom. The van der Waals surface area contributed by atoms with Crippen molar-refractivity contribution in [2.45, 2.75) is 6.92 Å². The number of thiophene rings is 1. The number of carbonyl (C=O) groups excluding carboxylic acids is 2. The van der Waals surface area contributed by atoms with Crippen molar-refractivity contribution in [2.24, 2.45) is 0 Å². The smallest absolute Gasteiger partial charge is 0.323 e. The topological polar surface area (TPSA) is 74.7 Å². The van der Waals surface area contributed by atoms with Crippen molar-refractivity contribution in [3.63, 3.8) is 0 Å². The van der Waals surface area contributed by atoms with Crippen LogP contribution in [0.1, 0.15) is 24.9 Å². The number of nitrogens with zero attached hydrogens (tertiary/aromatic N) is 1. The third-order valence-corrected chi connectivity index (χ3v) is 3.10. The minimum absolute atomic E-state index is 0.323. The van der Waals surface area contributed by atoms with E-state index in [1.54, 1.807) is 13.0 Å². The van der Waals surface area contributed by atoms with E-state index in [2.05, 4.69) is 0 Å². The number of hydrogen-bond donors (Lipinski definition) is 1. The lowest BCUT2D eigenvalue weighted by atomic mass is 10.3. The molecule has 0 aromatic carbocycles. The second kappa shape index (κ2) is 3.16. The molecule has 1 aliphatic rings. The zero-order valence-electron chi connectivity index (χ0n) is 7.81. The van der Waals surface area contributed by atoms with E-state index < -0.39 is 24.3 Å². The van der Waals surface area contributed by atoms with Crippen LogP contribution in [0.2, 0.25) is 0 Å². The Balaban J connectivity index is 2.38. The minimum Gasteiger partial charge on any atom is -0.480 e. The first-order valence-electron chi connectivity index (χ1n) is 4.19. The number of hydrogen-bond acceptors (Lipinski definition) is 4. The van der Waals surface area contributed by atoms with Crippen molar-refractivity contribution in [1.29, 1.82) is 0 Å². The van der Waals surface area contributed by atoms with Crippen molar-refractivity contribution in [3.05, 3.63) is 21.4 Å². The predicted octanol–water partition coefficient (Wildman–Crippen LogP) is 0.737. The monoisotopic (exact) mass is 225 g/mol. The predicted molar refractivity (Wildman–Crippen MR) is 52.1 cm³/mol. The van der Waals surface area contributed by atoms with Gasteiger partial charge in [0, 0.05) is 4.88 Å². The summed E-state index contributed by atoms with van der Waals surface area (Å²) in [7, 11) is 0. The van der Waals surface area contributed by atoms with Gasteiger partial charge in [-0.25, -0.2) is 0 Å². The lowest BCUT2D eigenvalue weighted by Gasteiger charge is -2.09. The van der Waals surface area contributed by atoms with E-state index >= 15 is 0 Å². The largest absolute Gasteiger partial charge is 0.480 e. The first kappa shape index (κ1) is 9.85. The van der Waals surface area contributed by atoms with Crippen molar-refractivity contribution >= 4 is 29.1 Å². The van der Waals surface area contributed by atoms with Gasteiger partial charge in [0.05, 0.1) is 5.56 Å². The van der Waals surface area contributed by atoms with Crippen LogP contribution in [0.25, 0.3) is 0 Å². The highest BCUT2D eigenvalue weighted by Gasteiger charge is 2.38. The number of carboxylic acid groups (broad SMARTS) is 1. The van der Waals surface area contributed by atoms with Gasteiger partial charge < -0.3 is 5.11 Å². The molecule has 0 fully saturated rings. The highest BCUT2D eigenvalue weighted by atomic mass is 32.1. The Morgan fingerprint density at radius 1 is 1.47 bits per heavy atom. The highest BCUT2D eigenvalue weighted by molar-refractivity contribution is 7.14. The number of carboxylic acids is 1. The number of amides is 2. The molecule has 0 bridgehead atoms. The fourth-order valence-corrected chi connectivity index (χ4v) is 2.42. The van der Waals surface area contributed by atoms with Crippen molar-refractivity contribution in [2.75, 3.05) is 6.54 Å². The van der Waals surface area contributed by atoms with Gasteiger partial charge in [0.25, 0.3) is 11.8 Å². The average molecular weight is 225 g/mol. The van der Waals surface area contributed by atoms with Crippen molar-refractivity contribution in [1.82, 2.24) is 4.90 Å². The van der Waals surface area contributed by atoms with Crippen LogP contribution < -0.4 is 0 Å². The molecule has 0 aliphatic carbocycles. The maximum absolute atomic E-state index is 11.6. The van der Waals surface area contributed by atoms with Crippen LogP contribution in [0.4, 0.5) is 0 Å². The molecule has 2 rings (SSSR count). The van der Waals surface area contributed by atoms with Crippen molar-refractivity contribution in [3.8, 4) is 0 Å². The van der Waals surface area contributed by atoms with E-state index in [9.17, 15) is 14.4 Å². The fourth-order valence-electron chi connectivity index (χ4n) is 1.47. The number of fused-ring (bicyclic) bond motifs is 1. The number of aliphatic carboxylic acids is 1. The van der Waals surface area contributed by atoms with Gasteiger partial charge in [-0.05, 0) is 13.0 Å². The molecule has 0 saturated carbocycles. The summed E-state index contributed by atoms with van der Waals surface area (Å²) in [6.07, 6.45) is 0. The Bertz CT molecular complexity index is 443. The second-order valence-corrected chi connectivity index (χ2v) is 4.45. The van der Waals surface area contributed by atoms with Crippen LogP contribution in [-0.2, 0) is 4.79 Å². The Labute approximate surface area is 88.9 Å². The van der Waals surface area contributed by atoms with Crippen molar-refractivity contribution < 1.29 is 19.5 Å². The SMILES string of the molecule is Cc1cc2c(s1)C(=O)N(CC(=O)O)C2=O. The van der Waals surface area contributed by atoms with Gasteiger partial charge in [0.2, 0.25) is 0 Å². The zero-order valence-corrected chi connectivity index (χ0v) is 8.63. The van der Waals surface area contributed by atoms with Gasteiger partial charge in [-0.3, -0.25) is 19.3 Å². The number of carbonyl (C=O) groups is 3. The lowest BCUT2D eigenvalue weighted by molar-refractivity contribution is -0.137. The van der Waals surface area contributed by atoms with Crippen LogP contribution in [0.5, 0.6) is 0 Å². The summed E-state index contributed by atoms with van der Waals surface area (Å²) in [5.74, 6) is -2.21. The Morgan fingerprint density at radius 2 is 2.13 bits per heavy atom. The second-order valence-electron chi connectivity index (χ2n) is 3.19. The molecular formula is C9H7NO4S.